The average Bonchev–Trinajstić information content (AvgIpc) is 3.23. The number of aromatic nitrogens is 3. The highest BCUT2D eigenvalue weighted by atomic mass is 16.6. The van der Waals surface area contributed by atoms with Gasteiger partial charge in [0.05, 0.1) is 0 Å². The van der Waals surface area contributed by atoms with E-state index in [1.807, 2.05) is 0 Å². The number of benzene rings is 1. The maximum atomic E-state index is 12.0. The first-order valence-electron chi connectivity index (χ1n) is 8.76. The number of Topliss-reactive ketones (excluding diaryl/α,β-unsaturated/α-hetero) is 1. The van der Waals surface area contributed by atoms with Crippen molar-refractivity contribution in [3.05, 3.63) is 60.2 Å². The molecule has 0 aliphatic carbocycles. The molecule has 0 aliphatic rings. The van der Waals surface area contributed by atoms with E-state index in [1.54, 1.807) is 62.6 Å². The molecule has 2 aromatic heterocycles. The summed E-state index contributed by atoms with van der Waals surface area (Å²) >= 11 is 0. The maximum absolute atomic E-state index is 12.0. The lowest BCUT2D eigenvalue weighted by Crippen LogP contribution is -2.17. The van der Waals surface area contributed by atoms with Crippen LogP contribution in [0.15, 0.2) is 53.3 Å². The topological polar surface area (TPSA) is 104 Å². The van der Waals surface area contributed by atoms with Crippen LogP contribution in [0.25, 0.3) is 11.4 Å². The Labute approximate surface area is 161 Å². The van der Waals surface area contributed by atoms with Gasteiger partial charge in [0.15, 0.2) is 18.5 Å². The van der Waals surface area contributed by atoms with Crippen LogP contribution < -0.4 is 4.74 Å². The van der Waals surface area contributed by atoms with Crippen molar-refractivity contribution < 1.29 is 23.6 Å². The minimum Gasteiger partial charge on any atom is -0.482 e. The Morgan fingerprint density at radius 3 is 2.64 bits per heavy atom. The molecule has 8 nitrogen and oxygen atoms in total. The first-order valence-corrected chi connectivity index (χ1v) is 8.76. The number of nitrogens with zero attached hydrogens (tertiary/aromatic N) is 3. The summed E-state index contributed by atoms with van der Waals surface area (Å²) in [5, 5.41) is 3.86. The molecule has 28 heavy (non-hydrogen) atoms. The van der Waals surface area contributed by atoms with Gasteiger partial charge >= 0.3 is 5.97 Å². The van der Waals surface area contributed by atoms with Crippen molar-refractivity contribution in [1.29, 1.82) is 0 Å². The summed E-state index contributed by atoms with van der Waals surface area (Å²) in [4.78, 5) is 31.8. The Hall–Kier alpha value is -3.55. The molecule has 2 heterocycles. The second kappa shape index (κ2) is 8.90. The molecule has 1 aromatic carbocycles. The molecular weight excluding hydrogens is 362 g/mol. The van der Waals surface area contributed by atoms with Crippen LogP contribution in [0, 0.1) is 0 Å². The molecule has 0 bridgehead atoms. The minimum atomic E-state index is -0.724. The molecule has 0 N–H and O–H groups in total. The number of rotatable bonds is 8. The van der Waals surface area contributed by atoms with Crippen molar-refractivity contribution in [3.63, 3.8) is 0 Å². The molecule has 0 saturated carbocycles. The quantitative estimate of drug-likeness (QED) is 0.432. The van der Waals surface area contributed by atoms with E-state index in [-0.39, 0.29) is 18.3 Å². The van der Waals surface area contributed by atoms with E-state index in [0.29, 0.717) is 29.1 Å². The molecule has 3 rings (SSSR count). The first-order chi connectivity index (χ1) is 13.6. The van der Waals surface area contributed by atoms with Crippen LogP contribution in [0.2, 0.25) is 0 Å². The molecule has 0 spiro atoms. The van der Waals surface area contributed by atoms with Crippen LogP contribution in [0.1, 0.15) is 42.6 Å². The highest BCUT2D eigenvalue weighted by Crippen LogP contribution is 2.20. The van der Waals surface area contributed by atoms with Crippen LogP contribution in [-0.2, 0) is 9.53 Å². The zero-order chi connectivity index (χ0) is 19.9. The van der Waals surface area contributed by atoms with Gasteiger partial charge in [0.2, 0.25) is 5.82 Å². The van der Waals surface area contributed by atoms with Gasteiger partial charge in [-0.3, -0.25) is 9.78 Å². The molecule has 144 valence electrons. The fourth-order valence-corrected chi connectivity index (χ4v) is 2.38. The Balaban J connectivity index is 1.52. The molecule has 0 radical (unpaired) electrons. The predicted molar refractivity (Wildman–Crippen MR) is 98.6 cm³/mol. The molecule has 1 unspecified atom stereocenters. The van der Waals surface area contributed by atoms with E-state index in [1.165, 1.54) is 0 Å². The monoisotopic (exact) mass is 381 g/mol. The van der Waals surface area contributed by atoms with Gasteiger partial charge in [0.1, 0.15) is 5.75 Å². The van der Waals surface area contributed by atoms with Gasteiger partial charge < -0.3 is 14.0 Å². The number of hydrogen-bond donors (Lipinski definition) is 0. The summed E-state index contributed by atoms with van der Waals surface area (Å²) in [6.07, 6.45) is 2.96. The van der Waals surface area contributed by atoms with Crippen LogP contribution in [0.3, 0.4) is 0 Å². The predicted octanol–water partition coefficient (Wildman–Crippen LogP) is 3.41. The molecule has 0 saturated heterocycles. The van der Waals surface area contributed by atoms with Gasteiger partial charge in [-0.1, -0.05) is 12.1 Å². The highest BCUT2D eigenvalue weighted by Gasteiger charge is 2.19. The third-order valence-corrected chi connectivity index (χ3v) is 3.87. The second-order valence-electron chi connectivity index (χ2n) is 5.92. The molecule has 0 aliphatic heterocycles. The van der Waals surface area contributed by atoms with Gasteiger partial charge in [-0.25, -0.2) is 4.79 Å². The molecule has 8 heteroatoms. The number of carbonyl (C=O) groups is 2. The fraction of sp³-hybridized carbons (Fsp3) is 0.250. The molecule has 0 amide bonds. The zero-order valence-corrected chi connectivity index (χ0v) is 15.5. The Morgan fingerprint density at radius 1 is 1.18 bits per heavy atom. The van der Waals surface area contributed by atoms with E-state index >= 15 is 0 Å². The second-order valence-corrected chi connectivity index (χ2v) is 5.92. The summed E-state index contributed by atoms with van der Waals surface area (Å²) in [5.74, 6) is 0.472. The Bertz CT molecular complexity index is 938. The van der Waals surface area contributed by atoms with E-state index in [9.17, 15) is 9.59 Å². The third kappa shape index (κ3) is 4.79. The van der Waals surface area contributed by atoms with Gasteiger partial charge in [-0.05, 0) is 43.3 Å². The largest absolute Gasteiger partial charge is 0.482 e. The lowest BCUT2D eigenvalue weighted by Gasteiger charge is -2.10. The molecule has 0 fully saturated rings. The van der Waals surface area contributed by atoms with Gasteiger partial charge in [0, 0.05) is 29.9 Å². The van der Waals surface area contributed by atoms with Crippen molar-refractivity contribution in [1.82, 2.24) is 15.1 Å². The average molecular weight is 381 g/mol. The Kier molecular flexibility index (Phi) is 6.11. The minimum absolute atomic E-state index is 0.0463. The summed E-state index contributed by atoms with van der Waals surface area (Å²) in [6, 6.07) is 10.2. The van der Waals surface area contributed by atoms with Gasteiger partial charge in [-0.2, -0.15) is 4.98 Å². The van der Waals surface area contributed by atoms with Crippen LogP contribution in [0.5, 0.6) is 5.75 Å². The molecule has 3 aromatic rings. The van der Waals surface area contributed by atoms with E-state index in [2.05, 4.69) is 15.1 Å². The smallest absolute Gasteiger partial charge is 0.344 e. The van der Waals surface area contributed by atoms with E-state index < -0.39 is 12.1 Å². The van der Waals surface area contributed by atoms with Crippen molar-refractivity contribution in [2.45, 2.75) is 26.4 Å². The van der Waals surface area contributed by atoms with Crippen molar-refractivity contribution in [2.24, 2.45) is 0 Å². The summed E-state index contributed by atoms with van der Waals surface area (Å²) < 4.78 is 15.8. The van der Waals surface area contributed by atoms with Crippen LogP contribution in [-0.4, -0.2) is 33.5 Å². The summed E-state index contributed by atoms with van der Waals surface area (Å²) in [6.45, 7) is 3.14. The first kappa shape index (κ1) is 19.2. The number of pyridine rings is 1. The van der Waals surface area contributed by atoms with Crippen molar-refractivity contribution in [3.8, 4) is 17.1 Å². The Morgan fingerprint density at radius 2 is 1.96 bits per heavy atom. The van der Waals surface area contributed by atoms with Crippen molar-refractivity contribution in [2.75, 3.05) is 6.61 Å². The molecular formula is C20H19N3O5. The number of ether oxygens (including phenoxy) is 2. The normalized spacial score (nSPS) is 11.6. The zero-order valence-electron chi connectivity index (χ0n) is 15.5. The fourth-order valence-electron chi connectivity index (χ4n) is 2.38. The number of hydrogen-bond acceptors (Lipinski definition) is 8. The summed E-state index contributed by atoms with van der Waals surface area (Å²) in [7, 11) is 0. The molecule has 1 atom stereocenters. The lowest BCUT2D eigenvalue weighted by atomic mass is 10.1. The number of carbonyl (C=O) groups excluding carboxylic acids is 2. The summed E-state index contributed by atoms with van der Waals surface area (Å²) in [5.41, 5.74) is 1.30. The van der Waals surface area contributed by atoms with E-state index in [0.717, 1.165) is 0 Å². The standard InChI is InChI=1S/C20H19N3O5/c1-3-17(24)14-6-8-16(9-7-14)26-12-18(25)27-13(2)20-22-19(23-28-20)15-5-4-10-21-11-15/h4-11,13H,3,12H2,1-2H3. The SMILES string of the molecule is CCC(=O)c1ccc(OCC(=O)OC(C)c2nc(-c3cccnc3)no2)cc1. The lowest BCUT2D eigenvalue weighted by molar-refractivity contribution is -0.152. The van der Waals surface area contributed by atoms with Gasteiger partial charge in [-0.15, -0.1) is 0 Å². The number of esters is 1. The third-order valence-electron chi connectivity index (χ3n) is 3.87. The number of ketones is 1. The van der Waals surface area contributed by atoms with Crippen LogP contribution in [0.4, 0.5) is 0 Å². The highest BCUT2D eigenvalue weighted by molar-refractivity contribution is 5.95. The van der Waals surface area contributed by atoms with Crippen LogP contribution >= 0.6 is 0 Å². The van der Waals surface area contributed by atoms with E-state index in [4.69, 9.17) is 14.0 Å². The van der Waals surface area contributed by atoms with Crippen molar-refractivity contribution >= 4 is 11.8 Å². The van der Waals surface area contributed by atoms with Gasteiger partial charge in [0.25, 0.3) is 5.89 Å². The maximum Gasteiger partial charge on any atom is 0.344 e.